The van der Waals surface area contributed by atoms with E-state index in [-0.39, 0.29) is 11.6 Å². The van der Waals surface area contributed by atoms with Gasteiger partial charge in [0, 0.05) is 11.8 Å². The summed E-state index contributed by atoms with van der Waals surface area (Å²) in [5.41, 5.74) is 1.30. The minimum atomic E-state index is -0.420. The first-order valence-electron chi connectivity index (χ1n) is 4.96. The molecule has 0 aliphatic carbocycles. The van der Waals surface area contributed by atoms with Gasteiger partial charge in [0.15, 0.2) is 11.6 Å². The van der Waals surface area contributed by atoms with Crippen molar-refractivity contribution in [2.45, 2.75) is 5.88 Å². The van der Waals surface area contributed by atoms with Crippen LogP contribution < -0.4 is 4.74 Å². The quantitative estimate of drug-likeness (QED) is 0.788. The third kappa shape index (κ3) is 2.53. The molecule has 1 heterocycles. The van der Waals surface area contributed by atoms with E-state index in [0.717, 1.165) is 0 Å². The van der Waals surface area contributed by atoms with Gasteiger partial charge in [0.1, 0.15) is 5.82 Å². The zero-order valence-corrected chi connectivity index (χ0v) is 9.91. The summed E-state index contributed by atoms with van der Waals surface area (Å²) in [6.45, 7) is 0. The second-order valence-electron chi connectivity index (χ2n) is 3.34. The predicted octanol–water partition coefficient (Wildman–Crippen LogP) is 3.03. The summed E-state index contributed by atoms with van der Waals surface area (Å²) >= 11 is 5.65. The van der Waals surface area contributed by atoms with Crippen molar-refractivity contribution in [1.82, 2.24) is 9.97 Å². The van der Waals surface area contributed by atoms with Gasteiger partial charge in [0.05, 0.1) is 18.7 Å². The number of benzene rings is 1. The van der Waals surface area contributed by atoms with Gasteiger partial charge in [0.2, 0.25) is 0 Å². The Balaban J connectivity index is 2.42. The van der Waals surface area contributed by atoms with Crippen LogP contribution in [0, 0.1) is 5.82 Å². The molecule has 3 nitrogen and oxygen atoms in total. The molecule has 1 aromatic heterocycles. The molecule has 0 saturated carbocycles. The summed E-state index contributed by atoms with van der Waals surface area (Å²) in [5, 5.41) is 0. The van der Waals surface area contributed by atoms with Crippen molar-refractivity contribution in [2.75, 3.05) is 7.11 Å². The molecule has 0 amide bonds. The summed E-state index contributed by atoms with van der Waals surface area (Å²) in [5.74, 6) is 0.531. The molecule has 0 bridgehead atoms. The molecule has 0 atom stereocenters. The lowest BCUT2D eigenvalue weighted by atomic mass is 10.1. The molecule has 1 aromatic carbocycles. The van der Waals surface area contributed by atoms with Gasteiger partial charge in [-0.3, -0.25) is 0 Å². The standard InChI is InChI=1S/C12H10ClFN2O/c1-17-11-3-2-8(6-9(11)14)10-4-5-15-12(7-13)16-10/h2-6H,7H2,1H3. The van der Waals surface area contributed by atoms with E-state index in [1.165, 1.54) is 13.2 Å². The molecular formula is C12H10ClFN2O. The van der Waals surface area contributed by atoms with Crippen molar-refractivity contribution in [3.63, 3.8) is 0 Å². The van der Waals surface area contributed by atoms with Gasteiger partial charge in [-0.2, -0.15) is 0 Å². The van der Waals surface area contributed by atoms with Crippen LogP contribution in [0.25, 0.3) is 11.3 Å². The Morgan fingerprint density at radius 2 is 2.18 bits per heavy atom. The number of rotatable bonds is 3. The second kappa shape index (κ2) is 5.10. The molecule has 0 saturated heterocycles. The highest BCUT2D eigenvalue weighted by Crippen LogP contribution is 2.24. The Hall–Kier alpha value is -1.68. The fourth-order valence-corrected chi connectivity index (χ4v) is 1.58. The highest BCUT2D eigenvalue weighted by Gasteiger charge is 2.06. The maximum absolute atomic E-state index is 13.5. The Labute approximate surface area is 103 Å². The molecule has 0 unspecified atom stereocenters. The van der Waals surface area contributed by atoms with Crippen LogP contribution in [0.5, 0.6) is 5.75 Å². The van der Waals surface area contributed by atoms with Gasteiger partial charge in [0.25, 0.3) is 0 Å². The number of hydrogen-bond donors (Lipinski definition) is 0. The first kappa shape index (κ1) is 11.8. The number of methoxy groups -OCH3 is 1. The summed E-state index contributed by atoms with van der Waals surface area (Å²) in [7, 11) is 1.42. The molecule has 0 aliphatic rings. The first-order chi connectivity index (χ1) is 8.24. The van der Waals surface area contributed by atoms with E-state index in [0.29, 0.717) is 17.1 Å². The highest BCUT2D eigenvalue weighted by molar-refractivity contribution is 6.16. The van der Waals surface area contributed by atoms with Crippen molar-refractivity contribution in [3.8, 4) is 17.0 Å². The summed E-state index contributed by atoms with van der Waals surface area (Å²) in [6, 6.07) is 6.38. The average Bonchev–Trinajstić information content (AvgIpc) is 2.38. The number of alkyl halides is 1. The van der Waals surface area contributed by atoms with Crippen molar-refractivity contribution >= 4 is 11.6 Å². The van der Waals surface area contributed by atoms with Crippen LogP contribution in [0.1, 0.15) is 5.82 Å². The van der Waals surface area contributed by atoms with Crippen LogP contribution in [0.3, 0.4) is 0 Å². The van der Waals surface area contributed by atoms with E-state index in [1.54, 1.807) is 24.4 Å². The largest absolute Gasteiger partial charge is 0.494 e. The zero-order valence-electron chi connectivity index (χ0n) is 9.15. The Morgan fingerprint density at radius 1 is 1.35 bits per heavy atom. The van der Waals surface area contributed by atoms with E-state index in [4.69, 9.17) is 16.3 Å². The van der Waals surface area contributed by atoms with Crippen LogP contribution in [0.2, 0.25) is 0 Å². The van der Waals surface area contributed by atoms with Crippen molar-refractivity contribution in [1.29, 1.82) is 0 Å². The monoisotopic (exact) mass is 252 g/mol. The Morgan fingerprint density at radius 3 is 2.82 bits per heavy atom. The number of hydrogen-bond acceptors (Lipinski definition) is 3. The van der Waals surface area contributed by atoms with Crippen molar-refractivity contribution in [2.24, 2.45) is 0 Å². The smallest absolute Gasteiger partial charge is 0.165 e. The minimum Gasteiger partial charge on any atom is -0.494 e. The van der Waals surface area contributed by atoms with Crippen LogP contribution in [0.15, 0.2) is 30.5 Å². The SMILES string of the molecule is COc1ccc(-c2ccnc(CCl)n2)cc1F. The number of ether oxygens (including phenoxy) is 1. The zero-order chi connectivity index (χ0) is 12.3. The highest BCUT2D eigenvalue weighted by atomic mass is 35.5. The summed E-state index contributed by atoms with van der Waals surface area (Å²) < 4.78 is 18.4. The third-order valence-electron chi connectivity index (χ3n) is 2.27. The number of nitrogens with zero attached hydrogens (tertiary/aromatic N) is 2. The topological polar surface area (TPSA) is 35.0 Å². The maximum Gasteiger partial charge on any atom is 0.165 e. The van der Waals surface area contributed by atoms with Gasteiger partial charge in [-0.05, 0) is 24.3 Å². The van der Waals surface area contributed by atoms with E-state index in [1.807, 2.05) is 0 Å². The lowest BCUT2D eigenvalue weighted by Crippen LogP contribution is -1.94. The van der Waals surface area contributed by atoms with Crippen molar-refractivity contribution < 1.29 is 9.13 Å². The molecule has 17 heavy (non-hydrogen) atoms. The van der Waals surface area contributed by atoms with E-state index in [9.17, 15) is 4.39 Å². The van der Waals surface area contributed by atoms with Gasteiger partial charge >= 0.3 is 0 Å². The third-order valence-corrected chi connectivity index (χ3v) is 2.51. The van der Waals surface area contributed by atoms with Crippen LogP contribution in [0.4, 0.5) is 4.39 Å². The molecule has 0 fully saturated rings. The number of aromatic nitrogens is 2. The molecule has 2 aromatic rings. The summed E-state index contributed by atoms with van der Waals surface area (Å²) in [6.07, 6.45) is 1.60. The van der Waals surface area contributed by atoms with Gasteiger partial charge < -0.3 is 4.74 Å². The van der Waals surface area contributed by atoms with E-state index >= 15 is 0 Å². The van der Waals surface area contributed by atoms with Crippen LogP contribution >= 0.6 is 11.6 Å². The van der Waals surface area contributed by atoms with E-state index in [2.05, 4.69) is 9.97 Å². The molecule has 5 heteroatoms. The number of halogens is 2. The molecule has 0 aliphatic heterocycles. The van der Waals surface area contributed by atoms with Gasteiger partial charge in [-0.15, -0.1) is 11.6 Å². The lowest BCUT2D eigenvalue weighted by molar-refractivity contribution is 0.386. The van der Waals surface area contributed by atoms with Crippen molar-refractivity contribution in [3.05, 3.63) is 42.1 Å². The predicted molar refractivity (Wildman–Crippen MR) is 63.5 cm³/mol. The van der Waals surface area contributed by atoms with Crippen LogP contribution in [-0.2, 0) is 5.88 Å². The first-order valence-corrected chi connectivity index (χ1v) is 5.50. The fourth-order valence-electron chi connectivity index (χ4n) is 1.45. The maximum atomic E-state index is 13.5. The molecule has 0 N–H and O–H groups in total. The molecular weight excluding hydrogens is 243 g/mol. The second-order valence-corrected chi connectivity index (χ2v) is 3.61. The lowest BCUT2D eigenvalue weighted by Gasteiger charge is -2.05. The minimum absolute atomic E-state index is 0.209. The summed E-state index contributed by atoms with van der Waals surface area (Å²) in [4.78, 5) is 8.19. The van der Waals surface area contributed by atoms with Crippen LogP contribution in [-0.4, -0.2) is 17.1 Å². The van der Waals surface area contributed by atoms with Gasteiger partial charge in [-0.1, -0.05) is 0 Å². The fraction of sp³-hybridized carbons (Fsp3) is 0.167. The molecule has 2 rings (SSSR count). The Bertz CT molecular complexity index is 534. The molecule has 0 radical (unpaired) electrons. The molecule has 0 spiro atoms. The van der Waals surface area contributed by atoms with Gasteiger partial charge in [-0.25, -0.2) is 14.4 Å². The normalized spacial score (nSPS) is 10.3. The Kier molecular flexibility index (Phi) is 3.54. The van der Waals surface area contributed by atoms with E-state index < -0.39 is 5.82 Å². The molecule has 88 valence electrons. The average molecular weight is 253 g/mol.